The number of rotatable bonds is 7. The molecule has 174 valence electrons. The third kappa shape index (κ3) is 4.43. The number of benzene rings is 4. The van der Waals surface area contributed by atoms with Gasteiger partial charge in [0, 0.05) is 17.8 Å². The van der Waals surface area contributed by atoms with Crippen LogP contribution in [0.15, 0.2) is 116 Å². The molecule has 0 fully saturated rings. The summed E-state index contributed by atoms with van der Waals surface area (Å²) in [7, 11) is 0. The molecular formula is C31H28N2O2. The molecule has 5 rings (SSSR count). The van der Waals surface area contributed by atoms with E-state index < -0.39 is 6.17 Å². The van der Waals surface area contributed by atoms with Crippen molar-refractivity contribution >= 4 is 17.3 Å². The van der Waals surface area contributed by atoms with Crippen molar-refractivity contribution < 1.29 is 9.53 Å². The van der Waals surface area contributed by atoms with Crippen LogP contribution in [0.5, 0.6) is 5.75 Å². The van der Waals surface area contributed by atoms with Gasteiger partial charge in [-0.15, -0.1) is 0 Å². The highest BCUT2D eigenvalue weighted by molar-refractivity contribution is 6.12. The lowest BCUT2D eigenvalue weighted by Crippen LogP contribution is -2.49. The Labute approximate surface area is 206 Å². The molecule has 0 aliphatic carbocycles. The summed E-state index contributed by atoms with van der Waals surface area (Å²) < 4.78 is 6.08. The number of ether oxygens (including phenoxy) is 1. The van der Waals surface area contributed by atoms with Gasteiger partial charge in [-0.05, 0) is 42.8 Å². The van der Waals surface area contributed by atoms with Crippen LogP contribution in [0, 0.1) is 6.92 Å². The third-order valence-electron chi connectivity index (χ3n) is 6.26. The molecule has 1 aliphatic heterocycles. The number of nitrogens with zero attached hydrogens (tertiary/aromatic N) is 2. The van der Waals surface area contributed by atoms with Crippen molar-refractivity contribution in [1.82, 2.24) is 0 Å². The maximum atomic E-state index is 14.1. The summed E-state index contributed by atoms with van der Waals surface area (Å²) in [5.74, 6) is 0.706. The molecule has 0 aromatic heterocycles. The molecule has 1 atom stereocenters. The first-order valence-corrected chi connectivity index (χ1v) is 11.8. The van der Waals surface area contributed by atoms with E-state index in [0.29, 0.717) is 18.7 Å². The number of carbonyl (C=O) groups excluding carboxylic acids is 1. The highest BCUT2D eigenvalue weighted by Crippen LogP contribution is 2.44. The van der Waals surface area contributed by atoms with E-state index in [1.165, 1.54) is 0 Å². The minimum atomic E-state index is -0.402. The van der Waals surface area contributed by atoms with E-state index in [1.54, 1.807) is 6.08 Å². The minimum absolute atomic E-state index is 0.0303. The predicted molar refractivity (Wildman–Crippen MR) is 142 cm³/mol. The van der Waals surface area contributed by atoms with Gasteiger partial charge in [0.1, 0.15) is 18.5 Å². The average Bonchev–Trinajstić information content (AvgIpc) is 2.90. The monoisotopic (exact) mass is 460 g/mol. The van der Waals surface area contributed by atoms with Crippen molar-refractivity contribution in [2.24, 2.45) is 0 Å². The Hall–Kier alpha value is -4.31. The first kappa shape index (κ1) is 22.5. The normalized spacial score (nSPS) is 15.0. The highest BCUT2D eigenvalue weighted by Gasteiger charge is 2.40. The van der Waals surface area contributed by atoms with E-state index in [9.17, 15) is 4.79 Å². The predicted octanol–water partition coefficient (Wildman–Crippen LogP) is 6.93. The van der Waals surface area contributed by atoms with E-state index >= 15 is 0 Å². The van der Waals surface area contributed by atoms with Crippen LogP contribution in [0.25, 0.3) is 0 Å². The van der Waals surface area contributed by atoms with Crippen molar-refractivity contribution in [2.45, 2.75) is 19.6 Å². The van der Waals surface area contributed by atoms with Crippen LogP contribution >= 0.6 is 0 Å². The fraction of sp³-hybridized carbons (Fsp3) is 0.129. The number of para-hydroxylation sites is 2. The van der Waals surface area contributed by atoms with E-state index in [1.807, 2.05) is 95.9 Å². The number of carbonyl (C=O) groups is 1. The maximum Gasteiger partial charge on any atom is 0.262 e. The fourth-order valence-electron chi connectivity index (χ4n) is 4.61. The lowest BCUT2D eigenvalue weighted by molar-refractivity contribution is 0.0967. The number of fused-ring (bicyclic) bond motifs is 1. The minimum Gasteiger partial charge on any atom is -0.489 e. The van der Waals surface area contributed by atoms with Crippen molar-refractivity contribution in [1.29, 1.82) is 0 Å². The summed E-state index contributed by atoms with van der Waals surface area (Å²) >= 11 is 0. The van der Waals surface area contributed by atoms with Gasteiger partial charge in [-0.25, -0.2) is 0 Å². The molecule has 0 spiro atoms. The van der Waals surface area contributed by atoms with Crippen LogP contribution in [-0.4, -0.2) is 12.5 Å². The molecule has 35 heavy (non-hydrogen) atoms. The molecular weight excluding hydrogens is 432 g/mol. The summed E-state index contributed by atoms with van der Waals surface area (Å²) in [6.07, 6.45) is 1.33. The second-order valence-electron chi connectivity index (χ2n) is 8.65. The van der Waals surface area contributed by atoms with Crippen LogP contribution in [0.4, 0.5) is 11.4 Å². The summed E-state index contributed by atoms with van der Waals surface area (Å²) in [5, 5.41) is 0. The van der Waals surface area contributed by atoms with Gasteiger partial charge >= 0.3 is 0 Å². The molecule has 4 aromatic rings. The van der Waals surface area contributed by atoms with E-state index in [-0.39, 0.29) is 5.91 Å². The molecule has 0 saturated heterocycles. The van der Waals surface area contributed by atoms with Gasteiger partial charge in [0.25, 0.3) is 5.91 Å². The second kappa shape index (κ2) is 9.90. The zero-order valence-electron chi connectivity index (χ0n) is 19.8. The van der Waals surface area contributed by atoms with E-state index in [0.717, 1.165) is 33.8 Å². The van der Waals surface area contributed by atoms with Gasteiger partial charge < -0.3 is 9.64 Å². The fourth-order valence-corrected chi connectivity index (χ4v) is 4.61. The van der Waals surface area contributed by atoms with Gasteiger partial charge in [-0.3, -0.25) is 9.69 Å². The molecule has 0 N–H and O–H groups in total. The molecule has 4 heteroatoms. The van der Waals surface area contributed by atoms with Crippen molar-refractivity contribution in [3.05, 3.63) is 138 Å². The second-order valence-corrected chi connectivity index (χ2v) is 8.65. The summed E-state index contributed by atoms with van der Waals surface area (Å²) in [6.45, 7) is 6.87. The van der Waals surface area contributed by atoms with Crippen LogP contribution in [0.3, 0.4) is 0 Å². The zero-order valence-corrected chi connectivity index (χ0v) is 19.8. The van der Waals surface area contributed by atoms with Crippen LogP contribution in [0.2, 0.25) is 0 Å². The number of hydrogen-bond acceptors (Lipinski definition) is 3. The van der Waals surface area contributed by atoms with E-state index in [2.05, 4.69) is 30.5 Å². The highest BCUT2D eigenvalue weighted by atomic mass is 16.5. The molecule has 0 unspecified atom stereocenters. The molecule has 0 saturated carbocycles. The van der Waals surface area contributed by atoms with Crippen molar-refractivity contribution in [3.8, 4) is 5.75 Å². The quantitative estimate of drug-likeness (QED) is 0.281. The first-order chi connectivity index (χ1) is 17.2. The number of anilines is 2. The van der Waals surface area contributed by atoms with Gasteiger partial charge in [-0.2, -0.15) is 0 Å². The topological polar surface area (TPSA) is 32.8 Å². The molecule has 1 amide bonds. The molecule has 1 aliphatic rings. The third-order valence-corrected chi connectivity index (χ3v) is 6.26. The van der Waals surface area contributed by atoms with E-state index in [4.69, 9.17) is 4.74 Å². The Balaban J connectivity index is 1.74. The lowest BCUT2D eigenvalue weighted by Gasteiger charge is -2.46. The lowest BCUT2D eigenvalue weighted by atomic mass is 9.98. The Morgan fingerprint density at radius 1 is 0.857 bits per heavy atom. The smallest absolute Gasteiger partial charge is 0.262 e. The van der Waals surface area contributed by atoms with Gasteiger partial charge in [-0.1, -0.05) is 91.0 Å². The number of amides is 1. The maximum absolute atomic E-state index is 14.1. The van der Waals surface area contributed by atoms with Crippen LogP contribution in [-0.2, 0) is 6.54 Å². The largest absolute Gasteiger partial charge is 0.489 e. The van der Waals surface area contributed by atoms with Gasteiger partial charge in [0.15, 0.2) is 0 Å². The van der Waals surface area contributed by atoms with Crippen molar-refractivity contribution in [3.63, 3.8) is 0 Å². The molecule has 0 radical (unpaired) electrons. The standard InChI is InChI=1S/C31H28N2O2/c1-3-21-35-29-16-10-8-14-27(29)30-32(22-24-11-5-4-6-12-24)28-15-9-7-13-26(28)31(34)33(30)25-19-17-23(2)18-20-25/h3-20,30H,1,21-22H2,2H3/t30-/m0/s1. The zero-order chi connectivity index (χ0) is 24.2. The number of hydrogen-bond donors (Lipinski definition) is 0. The van der Waals surface area contributed by atoms with Crippen LogP contribution < -0.4 is 14.5 Å². The van der Waals surface area contributed by atoms with Crippen molar-refractivity contribution in [2.75, 3.05) is 16.4 Å². The Morgan fingerprint density at radius 2 is 1.54 bits per heavy atom. The van der Waals surface area contributed by atoms with Gasteiger partial charge in [0.05, 0.1) is 11.3 Å². The molecule has 4 aromatic carbocycles. The summed E-state index contributed by atoms with van der Waals surface area (Å²) in [6, 6.07) is 34.3. The van der Waals surface area contributed by atoms with Crippen LogP contribution in [0.1, 0.15) is 33.2 Å². The summed E-state index contributed by atoms with van der Waals surface area (Å²) in [5.41, 5.74) is 5.67. The van der Waals surface area contributed by atoms with Gasteiger partial charge in [0.2, 0.25) is 0 Å². The average molecular weight is 461 g/mol. The summed E-state index contributed by atoms with van der Waals surface area (Å²) in [4.78, 5) is 18.2. The SMILES string of the molecule is C=CCOc1ccccc1[C@H]1N(Cc2ccccc2)c2ccccc2C(=O)N1c1ccc(C)cc1. The number of aryl methyl sites for hydroxylation is 1. The molecule has 4 nitrogen and oxygen atoms in total. The first-order valence-electron chi connectivity index (χ1n) is 11.8. The molecule has 0 bridgehead atoms. The Morgan fingerprint density at radius 3 is 2.31 bits per heavy atom. The Kier molecular flexibility index (Phi) is 6.36. The Bertz CT molecular complexity index is 1330. The molecule has 1 heterocycles.